The average molecular weight is 297 g/mol. The minimum atomic E-state index is -3.84. The van der Waals surface area contributed by atoms with Crippen LogP contribution in [0.15, 0.2) is 29.2 Å². The fraction of sp³-hybridized carbons (Fsp3) is 0.500. The van der Waals surface area contributed by atoms with E-state index in [9.17, 15) is 13.2 Å². The van der Waals surface area contributed by atoms with E-state index in [1.165, 1.54) is 12.1 Å². The number of aryl methyl sites for hydroxylation is 1. The number of amides is 1. The molecular weight excluding hydrogens is 278 g/mol. The first-order chi connectivity index (χ1) is 9.46. The predicted octanol–water partition coefficient (Wildman–Crippen LogP) is 2.06. The second-order valence-electron chi connectivity index (χ2n) is 4.81. The monoisotopic (exact) mass is 297 g/mol. The van der Waals surface area contributed by atoms with Crippen LogP contribution in [0.4, 0.5) is 0 Å². The summed E-state index contributed by atoms with van der Waals surface area (Å²) in [5.41, 5.74) is 0.968. The minimum absolute atomic E-state index is 0.128. The molecule has 1 aliphatic rings. The summed E-state index contributed by atoms with van der Waals surface area (Å²) < 4.78 is 31.6. The number of piperidine rings is 1. The van der Waals surface area contributed by atoms with Crippen molar-refractivity contribution in [2.45, 2.75) is 44.2 Å². The van der Waals surface area contributed by atoms with Gasteiger partial charge >= 0.3 is 0 Å². The van der Waals surface area contributed by atoms with Gasteiger partial charge in [0.2, 0.25) is 5.91 Å². The number of hydrogen-bond donors (Lipinski definition) is 0. The number of carbonyl (C=O) groups excluding carboxylic acids is 1. The van der Waals surface area contributed by atoms with Gasteiger partial charge in [-0.05, 0) is 38.8 Å². The Labute approximate surface area is 119 Å². The molecule has 1 aromatic rings. The molecule has 1 amide bonds. The van der Waals surface area contributed by atoms with Crippen LogP contribution in [0.3, 0.4) is 0 Å². The first kappa shape index (κ1) is 15.0. The Morgan fingerprint density at radius 1 is 1.30 bits per heavy atom. The molecule has 1 aliphatic heterocycles. The molecular formula is C14H19NO4S. The van der Waals surface area contributed by atoms with Crippen LogP contribution in [-0.4, -0.2) is 31.5 Å². The molecule has 0 aliphatic carbocycles. The summed E-state index contributed by atoms with van der Waals surface area (Å²) in [6, 6.07) is 6.49. The molecule has 1 fully saturated rings. The number of carbonyl (C=O) groups is 1. The SMILES string of the molecule is CCOC1CCCC(=O)N1S(=O)(=O)c1ccc(C)cc1. The van der Waals surface area contributed by atoms with Gasteiger partial charge in [0.1, 0.15) is 6.23 Å². The Morgan fingerprint density at radius 2 is 1.95 bits per heavy atom. The van der Waals surface area contributed by atoms with E-state index in [2.05, 4.69) is 0 Å². The highest BCUT2D eigenvalue weighted by Crippen LogP contribution is 2.27. The lowest BCUT2D eigenvalue weighted by molar-refractivity contribution is -0.140. The van der Waals surface area contributed by atoms with Crippen LogP contribution in [0.1, 0.15) is 31.7 Å². The van der Waals surface area contributed by atoms with Crippen molar-refractivity contribution in [3.63, 3.8) is 0 Å². The predicted molar refractivity (Wildman–Crippen MR) is 74.5 cm³/mol. The summed E-state index contributed by atoms with van der Waals surface area (Å²) in [7, 11) is -3.84. The van der Waals surface area contributed by atoms with Gasteiger partial charge in [-0.15, -0.1) is 0 Å². The van der Waals surface area contributed by atoms with Gasteiger partial charge in [-0.2, -0.15) is 0 Å². The molecule has 1 atom stereocenters. The summed E-state index contributed by atoms with van der Waals surface area (Å²) in [6.45, 7) is 4.04. The summed E-state index contributed by atoms with van der Waals surface area (Å²) in [6.07, 6.45) is 0.760. The molecule has 6 heteroatoms. The van der Waals surface area contributed by atoms with E-state index in [-0.39, 0.29) is 11.3 Å². The highest BCUT2D eigenvalue weighted by molar-refractivity contribution is 7.89. The zero-order valence-corrected chi connectivity index (χ0v) is 12.5. The van der Waals surface area contributed by atoms with Gasteiger partial charge in [-0.3, -0.25) is 4.79 Å². The standard InChI is InChI=1S/C14H19NO4S/c1-3-19-14-6-4-5-13(16)15(14)20(17,18)12-9-7-11(2)8-10-12/h7-10,14H,3-6H2,1-2H3. The van der Waals surface area contributed by atoms with Crippen molar-refractivity contribution in [2.24, 2.45) is 0 Å². The van der Waals surface area contributed by atoms with E-state index in [0.717, 1.165) is 9.87 Å². The van der Waals surface area contributed by atoms with Crippen molar-refractivity contribution in [3.05, 3.63) is 29.8 Å². The van der Waals surface area contributed by atoms with E-state index in [0.29, 0.717) is 19.4 Å². The van der Waals surface area contributed by atoms with Crippen LogP contribution in [0.25, 0.3) is 0 Å². The van der Waals surface area contributed by atoms with Crippen LogP contribution in [0.5, 0.6) is 0 Å². The summed E-state index contributed by atoms with van der Waals surface area (Å²) in [4.78, 5) is 12.2. The average Bonchev–Trinajstić information content (AvgIpc) is 2.39. The summed E-state index contributed by atoms with van der Waals surface area (Å²) in [5, 5.41) is 0. The number of sulfonamides is 1. The lowest BCUT2D eigenvalue weighted by atomic mass is 10.1. The van der Waals surface area contributed by atoms with Gasteiger partial charge < -0.3 is 4.74 Å². The molecule has 2 rings (SSSR count). The van der Waals surface area contributed by atoms with E-state index >= 15 is 0 Å². The van der Waals surface area contributed by atoms with Crippen molar-refractivity contribution in [1.82, 2.24) is 4.31 Å². The van der Waals surface area contributed by atoms with Gasteiger partial charge in [0.05, 0.1) is 4.90 Å². The Morgan fingerprint density at radius 3 is 2.55 bits per heavy atom. The highest BCUT2D eigenvalue weighted by atomic mass is 32.2. The van der Waals surface area contributed by atoms with Gasteiger partial charge in [0.15, 0.2) is 0 Å². The Kier molecular flexibility index (Phi) is 4.45. The maximum absolute atomic E-state index is 12.6. The zero-order valence-electron chi connectivity index (χ0n) is 11.7. The molecule has 110 valence electrons. The third kappa shape index (κ3) is 2.86. The molecule has 1 aromatic carbocycles. The maximum atomic E-state index is 12.6. The first-order valence-corrected chi connectivity index (χ1v) is 8.16. The van der Waals surface area contributed by atoms with Crippen LogP contribution in [0, 0.1) is 6.92 Å². The summed E-state index contributed by atoms with van der Waals surface area (Å²) >= 11 is 0. The molecule has 1 heterocycles. The fourth-order valence-corrected chi connectivity index (χ4v) is 3.81. The number of benzene rings is 1. The van der Waals surface area contributed by atoms with Crippen molar-refractivity contribution in [1.29, 1.82) is 0 Å². The van der Waals surface area contributed by atoms with E-state index in [1.54, 1.807) is 19.1 Å². The van der Waals surface area contributed by atoms with Gasteiger partial charge in [-0.25, -0.2) is 12.7 Å². The lowest BCUT2D eigenvalue weighted by Gasteiger charge is -2.34. The third-order valence-corrected chi connectivity index (χ3v) is 5.11. The number of ether oxygens (including phenoxy) is 1. The largest absolute Gasteiger partial charge is 0.357 e. The van der Waals surface area contributed by atoms with Crippen molar-refractivity contribution >= 4 is 15.9 Å². The number of hydrogen-bond acceptors (Lipinski definition) is 4. The first-order valence-electron chi connectivity index (χ1n) is 6.72. The third-order valence-electron chi connectivity index (χ3n) is 3.29. The van der Waals surface area contributed by atoms with Crippen LogP contribution in [-0.2, 0) is 19.6 Å². The van der Waals surface area contributed by atoms with Crippen LogP contribution >= 0.6 is 0 Å². The van der Waals surface area contributed by atoms with Gasteiger partial charge in [0, 0.05) is 13.0 Å². The molecule has 1 saturated heterocycles. The summed E-state index contributed by atoms with van der Waals surface area (Å²) in [5.74, 6) is -0.393. The minimum Gasteiger partial charge on any atom is -0.357 e. The topological polar surface area (TPSA) is 63.7 Å². The molecule has 0 aromatic heterocycles. The normalized spacial score (nSPS) is 20.2. The Bertz CT molecular complexity index is 578. The lowest BCUT2D eigenvalue weighted by Crippen LogP contribution is -2.48. The van der Waals surface area contributed by atoms with E-state index < -0.39 is 22.2 Å². The van der Waals surface area contributed by atoms with Crippen molar-refractivity contribution < 1.29 is 17.9 Å². The molecule has 0 bridgehead atoms. The molecule has 1 unspecified atom stereocenters. The Hall–Kier alpha value is -1.40. The zero-order chi connectivity index (χ0) is 14.8. The van der Waals surface area contributed by atoms with Crippen molar-refractivity contribution in [2.75, 3.05) is 6.61 Å². The molecule has 0 spiro atoms. The van der Waals surface area contributed by atoms with E-state index in [1.807, 2.05) is 6.92 Å². The Balaban J connectivity index is 2.38. The maximum Gasteiger partial charge on any atom is 0.268 e. The number of rotatable bonds is 4. The highest BCUT2D eigenvalue weighted by Gasteiger charge is 2.38. The van der Waals surface area contributed by atoms with Crippen LogP contribution < -0.4 is 0 Å². The smallest absolute Gasteiger partial charge is 0.268 e. The molecule has 20 heavy (non-hydrogen) atoms. The van der Waals surface area contributed by atoms with Crippen molar-refractivity contribution in [3.8, 4) is 0 Å². The molecule has 0 saturated carbocycles. The quantitative estimate of drug-likeness (QED) is 0.853. The van der Waals surface area contributed by atoms with E-state index in [4.69, 9.17) is 4.74 Å². The molecule has 0 N–H and O–H groups in total. The second kappa shape index (κ2) is 5.93. The van der Waals surface area contributed by atoms with Gasteiger partial charge in [-0.1, -0.05) is 17.7 Å². The van der Waals surface area contributed by atoms with Crippen LogP contribution in [0.2, 0.25) is 0 Å². The molecule has 0 radical (unpaired) electrons. The second-order valence-corrected chi connectivity index (χ2v) is 6.62. The molecule has 5 nitrogen and oxygen atoms in total. The fourth-order valence-electron chi connectivity index (χ4n) is 2.27. The number of nitrogens with zero attached hydrogens (tertiary/aromatic N) is 1. The van der Waals surface area contributed by atoms with Gasteiger partial charge in [0.25, 0.3) is 10.0 Å².